The van der Waals surface area contributed by atoms with E-state index in [2.05, 4.69) is 0 Å². The van der Waals surface area contributed by atoms with Crippen LogP contribution in [0.4, 0.5) is 22.0 Å². The van der Waals surface area contributed by atoms with Gasteiger partial charge in [-0.2, -0.15) is 13.2 Å². The Morgan fingerprint density at radius 1 is 1.43 bits per heavy atom. The largest absolute Gasteiger partial charge is 0.478 e. The van der Waals surface area contributed by atoms with Crippen LogP contribution in [0.5, 0.6) is 0 Å². The average molecular weight is 359 g/mol. The van der Waals surface area contributed by atoms with Gasteiger partial charge in [-0.15, -0.1) is 4.53 Å². The molecule has 1 N–H and O–H groups in total. The van der Waals surface area contributed by atoms with Crippen molar-refractivity contribution in [1.29, 1.82) is 0 Å². The Kier molecular flexibility index (Phi) is 4.57. The Labute approximate surface area is 133 Å². The zero-order valence-corrected chi connectivity index (χ0v) is 12.4. The van der Waals surface area contributed by atoms with Crippen molar-refractivity contribution in [2.24, 2.45) is 0 Å². The van der Waals surface area contributed by atoms with Gasteiger partial charge < -0.3 is 5.11 Å². The first-order valence-corrected chi connectivity index (χ1v) is 6.70. The van der Waals surface area contributed by atoms with Crippen LogP contribution in [0.25, 0.3) is 0 Å². The Morgan fingerprint density at radius 2 is 2.04 bits per heavy atom. The topological polar surface area (TPSA) is 43.8 Å². The van der Waals surface area contributed by atoms with E-state index >= 15 is 0 Å². The SMILES string of the molecule is CN1C(C(F)(F)F)C(F)(CF)C(c2cccc(C(=O)O)c2)N1Cl. The van der Waals surface area contributed by atoms with E-state index in [1.807, 2.05) is 0 Å². The van der Waals surface area contributed by atoms with Gasteiger partial charge in [0.05, 0.1) is 5.56 Å². The zero-order chi connectivity index (χ0) is 17.6. The van der Waals surface area contributed by atoms with Crippen molar-refractivity contribution in [1.82, 2.24) is 9.54 Å². The maximum absolute atomic E-state index is 15.0. The molecule has 0 spiro atoms. The smallest absolute Gasteiger partial charge is 0.408 e. The van der Waals surface area contributed by atoms with Gasteiger partial charge in [-0.1, -0.05) is 12.1 Å². The fraction of sp³-hybridized carbons (Fsp3) is 0.462. The van der Waals surface area contributed by atoms with E-state index in [0.29, 0.717) is 9.54 Å². The molecule has 10 heteroatoms. The molecule has 128 valence electrons. The summed E-state index contributed by atoms with van der Waals surface area (Å²) >= 11 is 5.76. The molecule has 0 amide bonds. The van der Waals surface area contributed by atoms with Gasteiger partial charge in [-0.05, 0) is 29.5 Å². The Hall–Kier alpha value is -1.45. The molecule has 1 heterocycles. The van der Waals surface area contributed by atoms with Crippen molar-refractivity contribution in [3.05, 3.63) is 35.4 Å². The van der Waals surface area contributed by atoms with E-state index in [-0.39, 0.29) is 11.1 Å². The number of halogens is 6. The lowest BCUT2D eigenvalue weighted by molar-refractivity contribution is -0.208. The van der Waals surface area contributed by atoms with Gasteiger partial charge in [0.25, 0.3) is 0 Å². The second-order valence-electron chi connectivity index (χ2n) is 5.20. The zero-order valence-electron chi connectivity index (χ0n) is 11.7. The number of carbonyl (C=O) groups is 1. The molecule has 3 atom stereocenters. The summed E-state index contributed by atoms with van der Waals surface area (Å²) in [6.45, 7) is -1.94. The van der Waals surface area contributed by atoms with E-state index in [4.69, 9.17) is 16.9 Å². The van der Waals surface area contributed by atoms with Gasteiger partial charge in [0.2, 0.25) is 0 Å². The van der Waals surface area contributed by atoms with Gasteiger partial charge in [0.1, 0.15) is 12.7 Å². The van der Waals surface area contributed by atoms with E-state index < -0.39 is 36.6 Å². The minimum atomic E-state index is -5.07. The third kappa shape index (κ3) is 2.88. The van der Waals surface area contributed by atoms with Crippen LogP contribution in [0, 0.1) is 0 Å². The van der Waals surface area contributed by atoms with Crippen molar-refractivity contribution in [3.8, 4) is 0 Å². The quantitative estimate of drug-likeness (QED) is 0.665. The molecule has 1 aromatic rings. The minimum Gasteiger partial charge on any atom is -0.478 e. The number of alkyl halides is 5. The number of carboxylic acid groups (broad SMARTS) is 1. The Bertz CT molecular complexity index is 614. The highest BCUT2D eigenvalue weighted by Crippen LogP contribution is 2.52. The highest BCUT2D eigenvalue weighted by Gasteiger charge is 2.68. The molecule has 0 saturated carbocycles. The molecule has 23 heavy (non-hydrogen) atoms. The summed E-state index contributed by atoms with van der Waals surface area (Å²) in [6.07, 6.45) is -5.07. The minimum absolute atomic E-state index is 0.168. The number of rotatable bonds is 3. The van der Waals surface area contributed by atoms with Crippen LogP contribution in [0.15, 0.2) is 24.3 Å². The fourth-order valence-corrected chi connectivity index (χ4v) is 3.16. The Morgan fingerprint density at radius 3 is 2.52 bits per heavy atom. The molecule has 0 radical (unpaired) electrons. The molecule has 3 unspecified atom stereocenters. The normalized spacial score (nSPS) is 29.9. The van der Waals surface area contributed by atoms with Crippen molar-refractivity contribution in [2.75, 3.05) is 13.7 Å². The number of carboxylic acids is 1. The average Bonchev–Trinajstić information content (AvgIpc) is 2.66. The van der Waals surface area contributed by atoms with E-state index in [9.17, 15) is 26.7 Å². The van der Waals surface area contributed by atoms with Gasteiger partial charge in [0, 0.05) is 7.05 Å². The second-order valence-corrected chi connectivity index (χ2v) is 5.55. The molecular formula is C13H12ClF5N2O2. The number of hydrogen-bond acceptors (Lipinski definition) is 3. The third-order valence-corrected chi connectivity index (χ3v) is 4.20. The summed E-state index contributed by atoms with van der Waals surface area (Å²) < 4.78 is 68.1. The van der Waals surface area contributed by atoms with Crippen LogP contribution in [0.1, 0.15) is 22.0 Å². The van der Waals surface area contributed by atoms with Gasteiger partial charge in [-0.25, -0.2) is 18.6 Å². The van der Waals surface area contributed by atoms with E-state index in [0.717, 1.165) is 13.1 Å². The van der Waals surface area contributed by atoms with Crippen LogP contribution in [-0.2, 0) is 0 Å². The fourth-order valence-electron chi connectivity index (χ4n) is 2.80. The summed E-state index contributed by atoms with van der Waals surface area (Å²) in [6, 6.07) is -0.0498. The maximum atomic E-state index is 15.0. The van der Waals surface area contributed by atoms with Crippen molar-refractivity contribution in [3.63, 3.8) is 0 Å². The van der Waals surface area contributed by atoms with Crippen LogP contribution in [-0.4, -0.2) is 52.2 Å². The lowest BCUT2D eigenvalue weighted by Crippen LogP contribution is -2.53. The monoisotopic (exact) mass is 358 g/mol. The lowest BCUT2D eigenvalue weighted by atomic mass is 9.86. The summed E-state index contributed by atoms with van der Waals surface area (Å²) in [4.78, 5) is 11.0. The van der Waals surface area contributed by atoms with Crippen molar-refractivity contribution < 1.29 is 31.9 Å². The third-order valence-electron chi connectivity index (χ3n) is 3.76. The molecule has 0 aliphatic carbocycles. The van der Waals surface area contributed by atoms with Crippen molar-refractivity contribution in [2.45, 2.75) is 23.9 Å². The predicted molar refractivity (Wildman–Crippen MR) is 71.3 cm³/mol. The second kappa shape index (κ2) is 5.88. The summed E-state index contributed by atoms with van der Waals surface area (Å²) in [5.74, 6) is -1.35. The molecule has 1 saturated heterocycles. The van der Waals surface area contributed by atoms with Gasteiger partial charge in [0.15, 0.2) is 11.7 Å². The standard InChI is InChI=1S/C13H12ClF5N2O2/c1-20-11(13(17,18)19)12(16,6-15)9(21(20)14)7-3-2-4-8(5-7)10(22)23/h2-5,9,11H,6H2,1H3,(H,22,23). The number of nitrogens with zero attached hydrogens (tertiary/aromatic N) is 2. The first kappa shape index (κ1) is 17.9. The summed E-state index contributed by atoms with van der Waals surface area (Å²) in [5, 5.41) is 9.29. The molecular weight excluding hydrogens is 347 g/mol. The number of hydrazine groups is 1. The molecule has 2 rings (SSSR count). The van der Waals surface area contributed by atoms with Crippen LogP contribution in [0.3, 0.4) is 0 Å². The van der Waals surface area contributed by atoms with Crippen LogP contribution in [0.2, 0.25) is 0 Å². The molecule has 1 fully saturated rings. The molecule has 1 aliphatic rings. The number of hydrogen-bond donors (Lipinski definition) is 1. The summed E-state index contributed by atoms with van der Waals surface area (Å²) in [5.41, 5.74) is -3.82. The Balaban J connectivity index is 2.57. The molecule has 0 bridgehead atoms. The highest BCUT2D eigenvalue weighted by molar-refractivity contribution is 6.13. The maximum Gasteiger partial charge on any atom is 0.408 e. The van der Waals surface area contributed by atoms with E-state index in [1.165, 1.54) is 18.2 Å². The highest BCUT2D eigenvalue weighted by atomic mass is 35.5. The van der Waals surface area contributed by atoms with Crippen LogP contribution < -0.4 is 0 Å². The first-order valence-electron chi connectivity index (χ1n) is 6.36. The van der Waals surface area contributed by atoms with E-state index in [1.54, 1.807) is 0 Å². The predicted octanol–water partition coefficient (Wildman–Crippen LogP) is 3.35. The molecule has 0 aromatic heterocycles. The van der Waals surface area contributed by atoms with Gasteiger partial charge >= 0.3 is 12.1 Å². The lowest BCUT2D eigenvalue weighted by Gasteiger charge is -2.30. The molecule has 1 aromatic carbocycles. The van der Waals surface area contributed by atoms with Crippen molar-refractivity contribution >= 4 is 17.7 Å². The van der Waals surface area contributed by atoms with Crippen LogP contribution >= 0.6 is 11.8 Å². The molecule has 4 nitrogen and oxygen atoms in total. The first-order chi connectivity index (χ1) is 10.5. The number of benzene rings is 1. The summed E-state index contributed by atoms with van der Waals surface area (Å²) in [7, 11) is 0.885. The van der Waals surface area contributed by atoms with Gasteiger partial charge in [-0.3, -0.25) is 0 Å². The molecule has 1 aliphatic heterocycles. The number of aromatic carboxylic acids is 1.